The van der Waals surface area contributed by atoms with Gasteiger partial charge in [-0.05, 0) is 46.7 Å². The fourth-order valence-corrected chi connectivity index (χ4v) is 3.05. The van der Waals surface area contributed by atoms with E-state index in [0.29, 0.717) is 5.92 Å². The van der Waals surface area contributed by atoms with Crippen molar-refractivity contribution in [3.8, 4) is 5.75 Å². The van der Waals surface area contributed by atoms with Crippen molar-refractivity contribution >= 4 is 0 Å². The summed E-state index contributed by atoms with van der Waals surface area (Å²) in [5.74, 6) is 1.48. The molecule has 1 atom stereocenters. The number of methoxy groups -OCH3 is 1. The molecule has 2 aromatic carbocycles. The van der Waals surface area contributed by atoms with Crippen molar-refractivity contribution in [2.45, 2.75) is 32.2 Å². The molecular weight excluding hydrogens is 258 g/mol. The Kier molecular flexibility index (Phi) is 3.98. The Morgan fingerprint density at radius 2 is 2.00 bits per heavy atom. The van der Waals surface area contributed by atoms with Crippen LogP contribution in [0.1, 0.15) is 48.1 Å². The van der Waals surface area contributed by atoms with E-state index in [4.69, 9.17) is 4.74 Å². The summed E-state index contributed by atoms with van der Waals surface area (Å²) < 4.78 is 5.37. The predicted octanol–water partition coefficient (Wildman–Crippen LogP) is 4.05. The average molecular weight is 281 g/mol. The van der Waals surface area contributed by atoms with Crippen molar-refractivity contribution in [2.24, 2.45) is 0 Å². The molecule has 1 N–H and O–H groups in total. The number of benzene rings is 2. The zero-order chi connectivity index (χ0) is 14.8. The highest BCUT2D eigenvalue weighted by atomic mass is 16.5. The van der Waals surface area contributed by atoms with E-state index in [2.05, 4.69) is 55.6 Å². The van der Waals surface area contributed by atoms with E-state index in [1.807, 2.05) is 6.07 Å². The van der Waals surface area contributed by atoms with Gasteiger partial charge in [0.1, 0.15) is 5.75 Å². The number of hydrogen-bond donors (Lipinski definition) is 1. The molecule has 2 heteroatoms. The Morgan fingerprint density at radius 3 is 2.76 bits per heavy atom. The quantitative estimate of drug-likeness (QED) is 0.916. The van der Waals surface area contributed by atoms with Gasteiger partial charge in [0.2, 0.25) is 0 Å². The third-order valence-corrected chi connectivity index (χ3v) is 4.32. The molecule has 1 aliphatic rings. The second-order valence-electron chi connectivity index (χ2n) is 6.03. The first-order valence-corrected chi connectivity index (χ1v) is 7.69. The molecule has 3 rings (SSSR count). The van der Waals surface area contributed by atoms with Gasteiger partial charge in [-0.3, -0.25) is 0 Å². The molecule has 0 aliphatic carbocycles. The van der Waals surface area contributed by atoms with E-state index in [1.165, 1.54) is 22.3 Å². The van der Waals surface area contributed by atoms with Crippen LogP contribution in [0.25, 0.3) is 0 Å². The molecule has 2 aromatic rings. The second-order valence-corrected chi connectivity index (χ2v) is 6.03. The topological polar surface area (TPSA) is 21.3 Å². The van der Waals surface area contributed by atoms with Gasteiger partial charge in [-0.1, -0.05) is 44.2 Å². The molecule has 0 fully saturated rings. The molecule has 0 saturated carbocycles. The highest BCUT2D eigenvalue weighted by Crippen LogP contribution is 2.32. The molecule has 110 valence electrons. The maximum absolute atomic E-state index is 5.37. The van der Waals surface area contributed by atoms with Gasteiger partial charge in [-0.25, -0.2) is 0 Å². The van der Waals surface area contributed by atoms with Crippen LogP contribution in [0, 0.1) is 0 Å². The molecule has 21 heavy (non-hydrogen) atoms. The van der Waals surface area contributed by atoms with Crippen molar-refractivity contribution in [1.29, 1.82) is 0 Å². The third-order valence-electron chi connectivity index (χ3n) is 4.32. The summed E-state index contributed by atoms with van der Waals surface area (Å²) in [6.07, 6.45) is 1.11. The summed E-state index contributed by atoms with van der Waals surface area (Å²) in [7, 11) is 1.72. The molecule has 2 nitrogen and oxygen atoms in total. The van der Waals surface area contributed by atoms with Crippen LogP contribution in [0.2, 0.25) is 0 Å². The summed E-state index contributed by atoms with van der Waals surface area (Å²) in [5, 5.41) is 3.65. The largest absolute Gasteiger partial charge is 0.497 e. The first kappa shape index (κ1) is 14.2. The lowest BCUT2D eigenvalue weighted by molar-refractivity contribution is 0.413. The van der Waals surface area contributed by atoms with Gasteiger partial charge in [0.25, 0.3) is 0 Å². The molecule has 0 spiro atoms. The van der Waals surface area contributed by atoms with E-state index >= 15 is 0 Å². The van der Waals surface area contributed by atoms with Gasteiger partial charge in [0.15, 0.2) is 0 Å². The van der Waals surface area contributed by atoms with Crippen molar-refractivity contribution in [2.75, 3.05) is 13.7 Å². The van der Waals surface area contributed by atoms with Crippen LogP contribution < -0.4 is 10.1 Å². The normalized spacial score (nSPS) is 17.6. The Labute approximate surface area is 127 Å². The monoisotopic (exact) mass is 281 g/mol. The van der Waals surface area contributed by atoms with E-state index < -0.39 is 0 Å². The Balaban J connectivity index is 2.04. The molecule has 0 aromatic heterocycles. The summed E-state index contributed by atoms with van der Waals surface area (Å²) in [6, 6.07) is 15.6. The minimum Gasteiger partial charge on any atom is -0.497 e. The second kappa shape index (κ2) is 5.90. The van der Waals surface area contributed by atoms with Gasteiger partial charge in [-0.2, -0.15) is 0 Å². The zero-order valence-corrected chi connectivity index (χ0v) is 13.0. The van der Waals surface area contributed by atoms with E-state index in [9.17, 15) is 0 Å². The molecule has 0 saturated heterocycles. The number of ether oxygens (including phenoxy) is 1. The number of rotatable bonds is 3. The van der Waals surface area contributed by atoms with Crippen LogP contribution in [-0.2, 0) is 6.42 Å². The fraction of sp³-hybridized carbons (Fsp3) is 0.368. The molecule has 1 unspecified atom stereocenters. The molecule has 1 heterocycles. The minimum atomic E-state index is 0.266. The first-order valence-electron chi connectivity index (χ1n) is 7.69. The van der Waals surface area contributed by atoms with Crippen molar-refractivity contribution < 1.29 is 4.74 Å². The van der Waals surface area contributed by atoms with Crippen LogP contribution in [0.15, 0.2) is 42.5 Å². The van der Waals surface area contributed by atoms with Crippen molar-refractivity contribution in [3.05, 3.63) is 64.7 Å². The summed E-state index contributed by atoms with van der Waals surface area (Å²) in [4.78, 5) is 0. The van der Waals surface area contributed by atoms with Gasteiger partial charge in [0, 0.05) is 6.54 Å². The highest BCUT2D eigenvalue weighted by Gasteiger charge is 2.22. The molecule has 0 amide bonds. The van der Waals surface area contributed by atoms with E-state index in [0.717, 1.165) is 18.7 Å². The van der Waals surface area contributed by atoms with E-state index in [1.54, 1.807) is 7.11 Å². The summed E-state index contributed by atoms with van der Waals surface area (Å²) >= 11 is 0. The first-order chi connectivity index (χ1) is 10.2. The average Bonchev–Trinajstić information content (AvgIpc) is 2.53. The van der Waals surface area contributed by atoms with E-state index in [-0.39, 0.29) is 6.04 Å². The lowest BCUT2D eigenvalue weighted by atomic mass is 9.87. The van der Waals surface area contributed by atoms with Crippen molar-refractivity contribution in [1.82, 2.24) is 5.32 Å². The molecule has 1 aliphatic heterocycles. The summed E-state index contributed by atoms with van der Waals surface area (Å²) in [6.45, 7) is 5.52. The molecular formula is C19H23NO. The van der Waals surface area contributed by atoms with Crippen LogP contribution in [0.4, 0.5) is 0 Å². The van der Waals surface area contributed by atoms with Crippen LogP contribution in [0.5, 0.6) is 5.75 Å². The lowest BCUT2D eigenvalue weighted by Crippen LogP contribution is -2.30. The smallest absolute Gasteiger partial charge is 0.119 e. The minimum absolute atomic E-state index is 0.266. The maximum atomic E-state index is 5.37. The van der Waals surface area contributed by atoms with Crippen LogP contribution in [-0.4, -0.2) is 13.7 Å². The Morgan fingerprint density at radius 1 is 1.14 bits per heavy atom. The lowest BCUT2D eigenvalue weighted by Gasteiger charge is -2.28. The zero-order valence-electron chi connectivity index (χ0n) is 13.0. The standard InChI is InChI=1S/C19H23NO/c1-13(2)15-8-7-14-9-10-20-19(18(14)12-15)16-5-4-6-17(11-16)21-3/h4-8,11-13,19-20H,9-10H2,1-3H3. The van der Waals surface area contributed by atoms with Crippen LogP contribution >= 0.6 is 0 Å². The molecule has 0 radical (unpaired) electrons. The number of nitrogens with one attached hydrogen (secondary N) is 1. The van der Waals surface area contributed by atoms with Crippen LogP contribution in [0.3, 0.4) is 0 Å². The molecule has 0 bridgehead atoms. The number of fused-ring (bicyclic) bond motifs is 1. The SMILES string of the molecule is COc1cccc(C2NCCc3ccc(C(C)C)cc32)c1. The summed E-state index contributed by atoms with van der Waals surface area (Å²) in [5.41, 5.74) is 5.56. The van der Waals surface area contributed by atoms with Gasteiger partial charge < -0.3 is 10.1 Å². The number of hydrogen-bond acceptors (Lipinski definition) is 2. The predicted molar refractivity (Wildman–Crippen MR) is 87.1 cm³/mol. The van der Waals surface area contributed by atoms with Gasteiger partial charge >= 0.3 is 0 Å². The van der Waals surface area contributed by atoms with Crippen molar-refractivity contribution in [3.63, 3.8) is 0 Å². The van der Waals surface area contributed by atoms with Gasteiger partial charge in [-0.15, -0.1) is 0 Å². The van der Waals surface area contributed by atoms with Gasteiger partial charge in [0.05, 0.1) is 13.2 Å². The Hall–Kier alpha value is -1.80. The highest BCUT2D eigenvalue weighted by molar-refractivity contribution is 5.44. The third kappa shape index (κ3) is 2.81. The fourth-order valence-electron chi connectivity index (χ4n) is 3.05. The Bertz CT molecular complexity index is 633. The maximum Gasteiger partial charge on any atom is 0.119 e.